The Bertz CT molecular complexity index is 421. The van der Waals surface area contributed by atoms with Gasteiger partial charge in [-0.3, -0.25) is 4.79 Å². The lowest BCUT2D eigenvalue weighted by molar-refractivity contribution is 0.0949. The summed E-state index contributed by atoms with van der Waals surface area (Å²) in [7, 11) is 0. The van der Waals surface area contributed by atoms with Crippen molar-refractivity contribution in [3.63, 3.8) is 0 Å². The van der Waals surface area contributed by atoms with Crippen LogP contribution in [0.3, 0.4) is 0 Å². The lowest BCUT2D eigenvalue weighted by atomic mass is 10.2. The summed E-state index contributed by atoms with van der Waals surface area (Å²) in [5.74, 6) is -0.887. The van der Waals surface area contributed by atoms with Gasteiger partial charge < -0.3 is 10.6 Å². The lowest BCUT2D eigenvalue weighted by Gasteiger charge is -2.07. The quantitative estimate of drug-likeness (QED) is 0.818. The van der Waals surface area contributed by atoms with Crippen molar-refractivity contribution in [1.29, 1.82) is 0 Å². The summed E-state index contributed by atoms with van der Waals surface area (Å²) >= 11 is 3.06. The first-order valence-electron chi connectivity index (χ1n) is 5.64. The summed E-state index contributed by atoms with van der Waals surface area (Å²) in [5, 5.41) is 5.96. The zero-order chi connectivity index (χ0) is 12.3. The van der Waals surface area contributed by atoms with Gasteiger partial charge in [-0.05, 0) is 40.9 Å². The molecule has 5 heteroatoms. The summed E-state index contributed by atoms with van der Waals surface area (Å²) in [6.45, 7) is 1.24. The molecular weight excluding hydrogens is 287 g/mol. The molecule has 0 atom stereocenters. The molecule has 0 saturated heterocycles. The van der Waals surface area contributed by atoms with Crippen LogP contribution in [-0.4, -0.2) is 25.0 Å². The van der Waals surface area contributed by atoms with Crippen molar-refractivity contribution in [3.05, 3.63) is 34.1 Å². The van der Waals surface area contributed by atoms with Gasteiger partial charge in [0.15, 0.2) is 0 Å². The van der Waals surface area contributed by atoms with E-state index in [2.05, 4.69) is 26.6 Å². The molecule has 1 aromatic carbocycles. The molecule has 1 amide bonds. The Morgan fingerprint density at radius 3 is 2.88 bits per heavy atom. The minimum atomic E-state index is -0.514. The molecule has 0 bridgehead atoms. The van der Waals surface area contributed by atoms with Gasteiger partial charge in [0.2, 0.25) is 0 Å². The Kier molecular flexibility index (Phi) is 4.12. The summed E-state index contributed by atoms with van der Waals surface area (Å²) in [4.78, 5) is 11.7. The summed E-state index contributed by atoms with van der Waals surface area (Å²) in [5.41, 5.74) is 0.0748. The van der Waals surface area contributed by atoms with Crippen LogP contribution in [0.4, 0.5) is 4.39 Å². The maximum Gasteiger partial charge on any atom is 0.254 e. The van der Waals surface area contributed by atoms with Crippen molar-refractivity contribution in [1.82, 2.24) is 10.6 Å². The lowest BCUT2D eigenvalue weighted by Crippen LogP contribution is -2.33. The minimum absolute atomic E-state index is 0.0748. The van der Waals surface area contributed by atoms with E-state index >= 15 is 0 Å². The van der Waals surface area contributed by atoms with E-state index in [1.807, 2.05) is 0 Å². The minimum Gasteiger partial charge on any atom is -0.351 e. The highest BCUT2D eigenvalue weighted by atomic mass is 79.9. The van der Waals surface area contributed by atoms with Gasteiger partial charge in [0, 0.05) is 19.1 Å². The molecule has 0 aliphatic heterocycles. The van der Waals surface area contributed by atoms with Crippen LogP contribution in [0, 0.1) is 5.82 Å². The number of carbonyl (C=O) groups is 1. The summed E-state index contributed by atoms with van der Waals surface area (Å²) in [6, 6.07) is 5.31. The second-order valence-electron chi connectivity index (χ2n) is 4.09. The maximum atomic E-state index is 13.6. The van der Waals surface area contributed by atoms with Crippen LogP contribution in [-0.2, 0) is 0 Å². The number of hydrogen-bond donors (Lipinski definition) is 2. The fourth-order valence-corrected chi connectivity index (χ4v) is 1.88. The predicted molar refractivity (Wildman–Crippen MR) is 67.5 cm³/mol. The van der Waals surface area contributed by atoms with Gasteiger partial charge in [0.05, 0.1) is 10.0 Å². The van der Waals surface area contributed by atoms with Gasteiger partial charge in [-0.1, -0.05) is 6.07 Å². The first-order valence-corrected chi connectivity index (χ1v) is 6.43. The monoisotopic (exact) mass is 300 g/mol. The van der Waals surface area contributed by atoms with Crippen LogP contribution < -0.4 is 10.6 Å². The Hall–Kier alpha value is -0.940. The molecule has 92 valence electrons. The zero-order valence-electron chi connectivity index (χ0n) is 9.30. The Morgan fingerprint density at radius 2 is 2.18 bits per heavy atom. The van der Waals surface area contributed by atoms with Crippen molar-refractivity contribution in [2.75, 3.05) is 13.1 Å². The highest BCUT2D eigenvalue weighted by molar-refractivity contribution is 9.10. The first kappa shape index (κ1) is 12.5. The maximum absolute atomic E-state index is 13.6. The van der Waals surface area contributed by atoms with Gasteiger partial charge in [0.1, 0.15) is 5.82 Å². The van der Waals surface area contributed by atoms with E-state index in [9.17, 15) is 9.18 Å². The SMILES string of the molecule is O=C(NCCNC1CC1)c1cccc(Br)c1F. The number of nitrogens with one attached hydrogen (secondary N) is 2. The molecule has 1 aliphatic rings. The molecule has 17 heavy (non-hydrogen) atoms. The number of halogens is 2. The second kappa shape index (κ2) is 5.60. The van der Waals surface area contributed by atoms with E-state index in [0.29, 0.717) is 17.1 Å². The number of hydrogen-bond acceptors (Lipinski definition) is 2. The normalized spacial score (nSPS) is 14.7. The van der Waals surface area contributed by atoms with Crippen molar-refractivity contribution in [3.8, 4) is 0 Å². The van der Waals surface area contributed by atoms with Crippen LogP contribution in [0.15, 0.2) is 22.7 Å². The Balaban J connectivity index is 1.83. The average molecular weight is 301 g/mol. The highest BCUT2D eigenvalue weighted by Crippen LogP contribution is 2.19. The molecule has 1 saturated carbocycles. The van der Waals surface area contributed by atoms with Crippen molar-refractivity contribution < 1.29 is 9.18 Å². The number of benzene rings is 1. The van der Waals surface area contributed by atoms with E-state index in [0.717, 1.165) is 6.54 Å². The van der Waals surface area contributed by atoms with E-state index in [-0.39, 0.29) is 11.5 Å². The fraction of sp³-hybridized carbons (Fsp3) is 0.417. The molecule has 2 N–H and O–H groups in total. The topological polar surface area (TPSA) is 41.1 Å². The van der Waals surface area contributed by atoms with Crippen LogP contribution in [0.2, 0.25) is 0 Å². The molecule has 0 spiro atoms. The zero-order valence-corrected chi connectivity index (χ0v) is 10.9. The number of rotatable bonds is 5. The average Bonchev–Trinajstić information content (AvgIpc) is 3.12. The molecule has 1 fully saturated rings. The summed E-state index contributed by atoms with van der Waals surface area (Å²) in [6.07, 6.45) is 2.43. The van der Waals surface area contributed by atoms with E-state index < -0.39 is 5.82 Å². The third-order valence-electron chi connectivity index (χ3n) is 2.62. The fourth-order valence-electron chi connectivity index (χ4n) is 1.51. The van der Waals surface area contributed by atoms with Crippen molar-refractivity contribution in [2.45, 2.75) is 18.9 Å². The van der Waals surface area contributed by atoms with Gasteiger partial charge in [-0.2, -0.15) is 0 Å². The number of amides is 1. The molecular formula is C12H14BrFN2O. The van der Waals surface area contributed by atoms with Crippen molar-refractivity contribution in [2.24, 2.45) is 0 Å². The molecule has 1 aliphatic carbocycles. The van der Waals surface area contributed by atoms with Gasteiger partial charge in [-0.25, -0.2) is 4.39 Å². The molecule has 1 aromatic rings. The van der Waals surface area contributed by atoms with E-state index in [1.54, 1.807) is 12.1 Å². The van der Waals surface area contributed by atoms with Crippen LogP contribution in [0.25, 0.3) is 0 Å². The standard InChI is InChI=1S/C12H14BrFN2O/c13-10-3-1-2-9(11(10)14)12(17)16-7-6-15-8-4-5-8/h1-3,8,15H,4-7H2,(H,16,17). The first-order chi connectivity index (χ1) is 8.18. The molecule has 3 nitrogen and oxygen atoms in total. The van der Waals surface area contributed by atoms with Crippen LogP contribution in [0.1, 0.15) is 23.2 Å². The number of carbonyl (C=O) groups excluding carboxylic acids is 1. The van der Waals surface area contributed by atoms with E-state index in [4.69, 9.17) is 0 Å². The predicted octanol–water partition coefficient (Wildman–Crippen LogP) is 2.07. The highest BCUT2D eigenvalue weighted by Gasteiger charge is 2.19. The third-order valence-corrected chi connectivity index (χ3v) is 3.23. The molecule has 0 radical (unpaired) electrons. The molecule has 2 rings (SSSR count). The van der Waals surface area contributed by atoms with Crippen molar-refractivity contribution >= 4 is 21.8 Å². The van der Waals surface area contributed by atoms with Crippen LogP contribution in [0.5, 0.6) is 0 Å². The van der Waals surface area contributed by atoms with E-state index in [1.165, 1.54) is 18.9 Å². The Labute approximate surface area is 108 Å². The Morgan fingerprint density at radius 1 is 1.41 bits per heavy atom. The van der Waals surface area contributed by atoms with Gasteiger partial charge in [0.25, 0.3) is 5.91 Å². The molecule has 0 heterocycles. The van der Waals surface area contributed by atoms with Gasteiger partial charge in [-0.15, -0.1) is 0 Å². The second-order valence-corrected chi connectivity index (χ2v) is 4.94. The third kappa shape index (κ3) is 3.51. The largest absolute Gasteiger partial charge is 0.351 e. The summed E-state index contributed by atoms with van der Waals surface area (Å²) < 4.78 is 13.9. The molecule has 0 unspecified atom stereocenters. The smallest absolute Gasteiger partial charge is 0.254 e. The van der Waals surface area contributed by atoms with Crippen LogP contribution >= 0.6 is 15.9 Å². The van der Waals surface area contributed by atoms with Gasteiger partial charge >= 0.3 is 0 Å². The molecule has 0 aromatic heterocycles.